The zero-order valence-electron chi connectivity index (χ0n) is 4.74. The van der Waals surface area contributed by atoms with Gasteiger partial charge in [-0.15, -0.1) is 0 Å². The quantitative estimate of drug-likeness (QED) is 0.599. The molecule has 0 fully saturated rings. The Morgan fingerprint density at radius 3 is 3.00 bits per heavy atom. The van der Waals surface area contributed by atoms with Gasteiger partial charge in [0.05, 0.1) is 12.3 Å². The predicted octanol–water partition coefficient (Wildman–Crippen LogP) is 0.803. The van der Waals surface area contributed by atoms with Crippen LogP contribution in [0.3, 0.4) is 0 Å². The van der Waals surface area contributed by atoms with E-state index in [4.69, 9.17) is 15.4 Å². The standard InChI is InChI=1S/C6H6N2O/c7-4-5(8)6-2-1-3-9-6/h1-3,5H,8H2/t5-/m1/s1. The van der Waals surface area contributed by atoms with Gasteiger partial charge in [-0.05, 0) is 12.1 Å². The van der Waals surface area contributed by atoms with E-state index in [1.54, 1.807) is 12.1 Å². The van der Waals surface area contributed by atoms with Crippen molar-refractivity contribution in [2.45, 2.75) is 6.04 Å². The van der Waals surface area contributed by atoms with Crippen LogP contribution in [0.25, 0.3) is 0 Å². The molecule has 2 N–H and O–H groups in total. The number of nitrogens with two attached hydrogens (primary N) is 1. The fraction of sp³-hybridized carbons (Fsp3) is 0.167. The summed E-state index contributed by atoms with van der Waals surface area (Å²) in [5.41, 5.74) is 5.28. The van der Waals surface area contributed by atoms with Crippen LogP contribution in [0.1, 0.15) is 11.8 Å². The number of nitrogens with zero attached hydrogens (tertiary/aromatic N) is 1. The molecule has 0 saturated heterocycles. The van der Waals surface area contributed by atoms with E-state index in [0.29, 0.717) is 5.76 Å². The Labute approximate surface area is 52.7 Å². The highest BCUT2D eigenvalue weighted by atomic mass is 16.3. The zero-order valence-corrected chi connectivity index (χ0v) is 4.74. The van der Waals surface area contributed by atoms with Gasteiger partial charge < -0.3 is 10.2 Å². The highest BCUT2D eigenvalue weighted by Crippen LogP contribution is 2.07. The SMILES string of the molecule is N#C[C@@H](N)c1ccco1. The molecule has 0 saturated carbocycles. The summed E-state index contributed by atoms with van der Waals surface area (Å²) in [4.78, 5) is 0. The Morgan fingerprint density at radius 2 is 2.56 bits per heavy atom. The van der Waals surface area contributed by atoms with Crippen LogP contribution in [0.5, 0.6) is 0 Å². The maximum atomic E-state index is 8.27. The van der Waals surface area contributed by atoms with E-state index < -0.39 is 6.04 Å². The summed E-state index contributed by atoms with van der Waals surface area (Å²) >= 11 is 0. The number of hydrogen-bond donors (Lipinski definition) is 1. The summed E-state index contributed by atoms with van der Waals surface area (Å²) in [5.74, 6) is 0.512. The summed E-state index contributed by atoms with van der Waals surface area (Å²) in [6, 6.07) is 4.60. The monoisotopic (exact) mass is 122 g/mol. The maximum absolute atomic E-state index is 8.27. The summed E-state index contributed by atoms with van der Waals surface area (Å²) < 4.78 is 4.84. The van der Waals surface area contributed by atoms with Crippen molar-refractivity contribution in [2.75, 3.05) is 0 Å². The van der Waals surface area contributed by atoms with Crippen molar-refractivity contribution in [3.63, 3.8) is 0 Å². The van der Waals surface area contributed by atoms with Crippen LogP contribution < -0.4 is 5.73 Å². The molecule has 1 aromatic rings. The molecule has 9 heavy (non-hydrogen) atoms. The Bertz CT molecular complexity index is 209. The second-order valence-electron chi connectivity index (χ2n) is 1.62. The van der Waals surface area contributed by atoms with Crippen LogP contribution >= 0.6 is 0 Å². The first-order chi connectivity index (χ1) is 4.34. The lowest BCUT2D eigenvalue weighted by molar-refractivity contribution is 0.497. The van der Waals surface area contributed by atoms with Gasteiger partial charge in [0.25, 0.3) is 0 Å². The van der Waals surface area contributed by atoms with Gasteiger partial charge in [0.2, 0.25) is 0 Å². The van der Waals surface area contributed by atoms with Crippen molar-refractivity contribution in [3.8, 4) is 6.07 Å². The Morgan fingerprint density at radius 1 is 1.78 bits per heavy atom. The molecule has 0 unspecified atom stereocenters. The second kappa shape index (κ2) is 2.33. The first kappa shape index (κ1) is 5.86. The third-order valence-corrected chi connectivity index (χ3v) is 0.989. The van der Waals surface area contributed by atoms with E-state index in [9.17, 15) is 0 Å². The summed E-state index contributed by atoms with van der Waals surface area (Å²) in [6.45, 7) is 0. The molecule has 1 atom stereocenters. The predicted molar refractivity (Wildman–Crippen MR) is 31.2 cm³/mol. The fourth-order valence-corrected chi connectivity index (χ4v) is 0.532. The molecule has 0 aliphatic rings. The normalized spacial score (nSPS) is 12.4. The molecule has 46 valence electrons. The van der Waals surface area contributed by atoms with Crippen LogP contribution in [0.15, 0.2) is 22.8 Å². The van der Waals surface area contributed by atoms with Gasteiger partial charge in [0.1, 0.15) is 5.76 Å². The molecule has 1 heterocycles. The van der Waals surface area contributed by atoms with E-state index in [0.717, 1.165) is 0 Å². The molecule has 0 aliphatic carbocycles. The number of hydrogen-bond acceptors (Lipinski definition) is 3. The smallest absolute Gasteiger partial charge is 0.151 e. The van der Waals surface area contributed by atoms with E-state index in [1.807, 2.05) is 6.07 Å². The molecule has 1 rings (SSSR count). The maximum Gasteiger partial charge on any atom is 0.151 e. The number of rotatable bonds is 1. The molecule has 0 aliphatic heterocycles. The molecule has 0 radical (unpaired) electrons. The molecular weight excluding hydrogens is 116 g/mol. The molecule has 3 heteroatoms. The fourth-order valence-electron chi connectivity index (χ4n) is 0.532. The summed E-state index contributed by atoms with van der Waals surface area (Å²) in [7, 11) is 0. The van der Waals surface area contributed by atoms with Crippen LogP contribution in [-0.2, 0) is 0 Å². The van der Waals surface area contributed by atoms with E-state index >= 15 is 0 Å². The Kier molecular flexibility index (Phi) is 1.52. The lowest BCUT2D eigenvalue weighted by atomic mass is 10.3. The Hall–Kier alpha value is -1.27. The van der Waals surface area contributed by atoms with E-state index in [1.165, 1.54) is 6.26 Å². The molecule has 1 aromatic heterocycles. The summed E-state index contributed by atoms with van der Waals surface area (Å²) in [6.07, 6.45) is 1.49. The topological polar surface area (TPSA) is 63.0 Å². The first-order valence-corrected chi connectivity index (χ1v) is 2.53. The van der Waals surface area contributed by atoms with E-state index in [2.05, 4.69) is 0 Å². The minimum Gasteiger partial charge on any atom is -0.467 e. The Balaban J connectivity index is 2.80. The van der Waals surface area contributed by atoms with E-state index in [-0.39, 0.29) is 0 Å². The average molecular weight is 122 g/mol. The van der Waals surface area contributed by atoms with Crippen LogP contribution in [0, 0.1) is 11.3 Å². The van der Waals surface area contributed by atoms with Crippen molar-refractivity contribution >= 4 is 0 Å². The van der Waals surface area contributed by atoms with Gasteiger partial charge >= 0.3 is 0 Å². The van der Waals surface area contributed by atoms with Crippen molar-refractivity contribution in [3.05, 3.63) is 24.2 Å². The van der Waals surface area contributed by atoms with Crippen LogP contribution in [-0.4, -0.2) is 0 Å². The largest absolute Gasteiger partial charge is 0.467 e. The second-order valence-corrected chi connectivity index (χ2v) is 1.62. The molecule has 3 nitrogen and oxygen atoms in total. The van der Waals surface area contributed by atoms with Gasteiger partial charge in [-0.25, -0.2) is 0 Å². The third kappa shape index (κ3) is 1.09. The molecule has 0 spiro atoms. The minimum atomic E-state index is -0.625. The van der Waals surface area contributed by atoms with Gasteiger partial charge in [-0.1, -0.05) is 0 Å². The average Bonchev–Trinajstić information content (AvgIpc) is 2.37. The number of furan rings is 1. The molecule has 0 bridgehead atoms. The zero-order chi connectivity index (χ0) is 6.69. The van der Waals surface area contributed by atoms with Gasteiger partial charge in [-0.2, -0.15) is 5.26 Å². The van der Waals surface area contributed by atoms with Gasteiger partial charge in [0, 0.05) is 0 Å². The van der Waals surface area contributed by atoms with Crippen molar-refractivity contribution in [1.82, 2.24) is 0 Å². The highest BCUT2D eigenvalue weighted by molar-refractivity contribution is 5.10. The molecule has 0 aromatic carbocycles. The minimum absolute atomic E-state index is 0.512. The van der Waals surface area contributed by atoms with Crippen LogP contribution in [0.4, 0.5) is 0 Å². The van der Waals surface area contributed by atoms with Gasteiger partial charge in [0.15, 0.2) is 6.04 Å². The lowest BCUT2D eigenvalue weighted by Gasteiger charge is -1.92. The van der Waals surface area contributed by atoms with Crippen molar-refractivity contribution in [2.24, 2.45) is 5.73 Å². The highest BCUT2D eigenvalue weighted by Gasteiger charge is 2.04. The third-order valence-electron chi connectivity index (χ3n) is 0.989. The summed E-state index contributed by atoms with van der Waals surface area (Å²) in [5, 5.41) is 8.27. The van der Waals surface area contributed by atoms with Crippen molar-refractivity contribution in [1.29, 1.82) is 5.26 Å². The molecule has 0 amide bonds. The number of nitriles is 1. The lowest BCUT2D eigenvalue weighted by Crippen LogP contribution is -2.05. The van der Waals surface area contributed by atoms with Gasteiger partial charge in [-0.3, -0.25) is 0 Å². The molecular formula is C6H6N2O. The van der Waals surface area contributed by atoms with Crippen LogP contribution in [0.2, 0.25) is 0 Å². The van der Waals surface area contributed by atoms with Crippen molar-refractivity contribution < 1.29 is 4.42 Å². The first-order valence-electron chi connectivity index (χ1n) is 2.53.